The van der Waals surface area contributed by atoms with Crippen LogP contribution < -0.4 is 5.48 Å². The first-order valence-electron chi connectivity index (χ1n) is 7.60. The fourth-order valence-corrected chi connectivity index (χ4v) is 2.61. The van der Waals surface area contributed by atoms with Gasteiger partial charge in [0.1, 0.15) is 5.52 Å². The molecule has 0 saturated carbocycles. The first-order chi connectivity index (χ1) is 12.2. The standard InChI is InChI=1S/C19H13N3O3/c23-18(22-24)15-5-6-17-16(11-15)21-19(25-17)14-3-1-12(2-4-14)13-7-9-20-10-8-13/h1-11,24H,(H,22,23). The molecule has 2 aromatic carbocycles. The van der Waals surface area contributed by atoms with E-state index in [1.165, 1.54) is 0 Å². The highest BCUT2D eigenvalue weighted by Crippen LogP contribution is 2.27. The SMILES string of the molecule is O=C(NO)c1ccc2oc(-c3ccc(-c4ccncc4)cc3)nc2c1. The van der Waals surface area contributed by atoms with Crippen molar-refractivity contribution in [3.05, 3.63) is 72.6 Å². The fourth-order valence-electron chi connectivity index (χ4n) is 2.61. The molecule has 0 aliphatic rings. The van der Waals surface area contributed by atoms with E-state index < -0.39 is 5.91 Å². The van der Waals surface area contributed by atoms with Gasteiger partial charge in [0.15, 0.2) is 5.58 Å². The maximum absolute atomic E-state index is 11.5. The van der Waals surface area contributed by atoms with Crippen molar-refractivity contribution in [3.8, 4) is 22.6 Å². The van der Waals surface area contributed by atoms with Gasteiger partial charge in [-0.3, -0.25) is 15.0 Å². The van der Waals surface area contributed by atoms with Crippen LogP contribution in [-0.2, 0) is 0 Å². The van der Waals surface area contributed by atoms with Gasteiger partial charge < -0.3 is 4.42 Å². The lowest BCUT2D eigenvalue weighted by atomic mass is 10.1. The number of carbonyl (C=O) groups is 1. The number of nitrogens with one attached hydrogen (secondary N) is 1. The minimum atomic E-state index is -0.590. The molecule has 0 bridgehead atoms. The summed E-state index contributed by atoms with van der Waals surface area (Å²) in [5, 5.41) is 8.72. The first kappa shape index (κ1) is 15.0. The quantitative estimate of drug-likeness (QED) is 0.442. The summed E-state index contributed by atoms with van der Waals surface area (Å²) in [7, 11) is 0. The second-order valence-electron chi connectivity index (χ2n) is 5.46. The molecular weight excluding hydrogens is 318 g/mol. The summed E-state index contributed by atoms with van der Waals surface area (Å²) in [4.78, 5) is 19.9. The average Bonchev–Trinajstić information content (AvgIpc) is 3.11. The minimum absolute atomic E-state index is 0.308. The largest absolute Gasteiger partial charge is 0.436 e. The maximum Gasteiger partial charge on any atom is 0.274 e. The molecule has 25 heavy (non-hydrogen) atoms. The van der Waals surface area contributed by atoms with E-state index >= 15 is 0 Å². The zero-order valence-electron chi connectivity index (χ0n) is 13.0. The second-order valence-corrected chi connectivity index (χ2v) is 5.46. The molecule has 0 saturated heterocycles. The Balaban J connectivity index is 1.68. The van der Waals surface area contributed by atoms with Gasteiger partial charge in [-0.2, -0.15) is 0 Å². The van der Waals surface area contributed by atoms with Crippen LogP contribution in [0.1, 0.15) is 10.4 Å². The minimum Gasteiger partial charge on any atom is -0.436 e. The third-order valence-corrected chi connectivity index (χ3v) is 3.90. The molecule has 2 N–H and O–H groups in total. The number of hydrogen-bond acceptors (Lipinski definition) is 5. The molecule has 4 aromatic rings. The Kier molecular flexibility index (Phi) is 3.72. The Morgan fingerprint density at radius 1 is 0.920 bits per heavy atom. The summed E-state index contributed by atoms with van der Waals surface area (Å²) in [6.45, 7) is 0. The van der Waals surface area contributed by atoms with E-state index in [0.717, 1.165) is 16.7 Å². The highest BCUT2D eigenvalue weighted by atomic mass is 16.5. The van der Waals surface area contributed by atoms with Crippen molar-refractivity contribution in [2.24, 2.45) is 0 Å². The second kappa shape index (κ2) is 6.18. The van der Waals surface area contributed by atoms with Gasteiger partial charge >= 0.3 is 0 Å². The van der Waals surface area contributed by atoms with Crippen molar-refractivity contribution in [1.29, 1.82) is 0 Å². The Labute approximate surface area is 142 Å². The summed E-state index contributed by atoms with van der Waals surface area (Å²) >= 11 is 0. The number of hydrogen-bond donors (Lipinski definition) is 2. The topological polar surface area (TPSA) is 88.2 Å². The van der Waals surface area contributed by atoms with Gasteiger partial charge in [0.25, 0.3) is 5.91 Å². The number of carbonyl (C=O) groups excluding carboxylic acids is 1. The Bertz CT molecular complexity index is 1040. The van der Waals surface area contributed by atoms with Crippen molar-refractivity contribution >= 4 is 17.0 Å². The van der Waals surface area contributed by atoms with E-state index in [4.69, 9.17) is 9.62 Å². The van der Waals surface area contributed by atoms with E-state index in [1.807, 2.05) is 36.4 Å². The highest BCUT2D eigenvalue weighted by molar-refractivity contribution is 5.96. The van der Waals surface area contributed by atoms with Gasteiger partial charge in [0, 0.05) is 23.5 Å². The van der Waals surface area contributed by atoms with Crippen LogP contribution in [0.5, 0.6) is 0 Å². The van der Waals surface area contributed by atoms with Crippen LogP contribution >= 0.6 is 0 Å². The van der Waals surface area contributed by atoms with Gasteiger partial charge in [0.05, 0.1) is 0 Å². The fraction of sp³-hybridized carbons (Fsp3) is 0. The third kappa shape index (κ3) is 2.86. The number of aromatic nitrogens is 2. The number of amides is 1. The smallest absolute Gasteiger partial charge is 0.274 e. The summed E-state index contributed by atoms with van der Waals surface area (Å²) in [5.41, 5.74) is 6.03. The van der Waals surface area contributed by atoms with Crippen LogP contribution in [0.15, 0.2) is 71.4 Å². The molecule has 0 fully saturated rings. The Morgan fingerprint density at radius 3 is 2.32 bits per heavy atom. The zero-order chi connectivity index (χ0) is 17.2. The summed E-state index contributed by atoms with van der Waals surface area (Å²) in [6, 6.07) is 16.5. The van der Waals surface area contributed by atoms with Gasteiger partial charge in [-0.25, -0.2) is 10.5 Å². The monoisotopic (exact) mass is 331 g/mol. The molecule has 0 aliphatic carbocycles. The van der Waals surface area contributed by atoms with Crippen LogP contribution in [-0.4, -0.2) is 21.1 Å². The molecule has 0 atom stereocenters. The number of oxazole rings is 1. The van der Waals surface area contributed by atoms with Crippen molar-refractivity contribution < 1.29 is 14.4 Å². The predicted octanol–water partition coefficient (Wildman–Crippen LogP) is 3.68. The Morgan fingerprint density at radius 2 is 1.60 bits per heavy atom. The number of nitrogens with zero attached hydrogens (tertiary/aromatic N) is 2. The van der Waals surface area contributed by atoms with Crippen LogP contribution in [0.3, 0.4) is 0 Å². The molecule has 0 aliphatic heterocycles. The third-order valence-electron chi connectivity index (χ3n) is 3.90. The lowest BCUT2D eigenvalue weighted by Gasteiger charge is -2.01. The van der Waals surface area contributed by atoms with E-state index in [-0.39, 0.29) is 0 Å². The van der Waals surface area contributed by atoms with E-state index in [9.17, 15) is 4.79 Å². The van der Waals surface area contributed by atoms with Crippen molar-refractivity contribution in [1.82, 2.24) is 15.4 Å². The normalized spacial score (nSPS) is 10.8. The molecule has 0 unspecified atom stereocenters. The van der Waals surface area contributed by atoms with Gasteiger partial charge in [-0.1, -0.05) is 12.1 Å². The van der Waals surface area contributed by atoms with Crippen molar-refractivity contribution in [2.45, 2.75) is 0 Å². The van der Waals surface area contributed by atoms with E-state index in [2.05, 4.69) is 9.97 Å². The molecule has 0 spiro atoms. The van der Waals surface area contributed by atoms with E-state index in [1.54, 1.807) is 36.1 Å². The first-order valence-corrected chi connectivity index (χ1v) is 7.60. The van der Waals surface area contributed by atoms with Gasteiger partial charge in [-0.15, -0.1) is 0 Å². The lowest BCUT2D eigenvalue weighted by Crippen LogP contribution is -2.18. The lowest BCUT2D eigenvalue weighted by molar-refractivity contribution is 0.0706. The number of benzene rings is 2. The van der Waals surface area contributed by atoms with Gasteiger partial charge in [-0.05, 0) is 53.6 Å². The van der Waals surface area contributed by atoms with E-state index in [0.29, 0.717) is 22.6 Å². The molecule has 6 heteroatoms. The summed E-state index contributed by atoms with van der Waals surface area (Å²) in [5.74, 6) is -0.119. The molecule has 2 aromatic heterocycles. The van der Waals surface area contributed by atoms with Gasteiger partial charge in [0.2, 0.25) is 5.89 Å². The molecular formula is C19H13N3O3. The number of hydroxylamine groups is 1. The predicted molar refractivity (Wildman–Crippen MR) is 91.9 cm³/mol. The molecule has 6 nitrogen and oxygen atoms in total. The van der Waals surface area contributed by atoms with Crippen LogP contribution in [0.4, 0.5) is 0 Å². The molecule has 4 rings (SSSR count). The summed E-state index contributed by atoms with van der Waals surface area (Å²) < 4.78 is 5.75. The van der Waals surface area contributed by atoms with Crippen molar-refractivity contribution in [3.63, 3.8) is 0 Å². The number of rotatable bonds is 3. The van der Waals surface area contributed by atoms with Crippen LogP contribution in [0, 0.1) is 0 Å². The Hall–Kier alpha value is -3.51. The summed E-state index contributed by atoms with van der Waals surface area (Å²) in [6.07, 6.45) is 3.51. The molecule has 0 radical (unpaired) electrons. The number of pyridine rings is 1. The van der Waals surface area contributed by atoms with Crippen LogP contribution in [0.2, 0.25) is 0 Å². The number of fused-ring (bicyclic) bond motifs is 1. The van der Waals surface area contributed by atoms with Crippen LogP contribution in [0.25, 0.3) is 33.7 Å². The molecule has 1 amide bonds. The average molecular weight is 331 g/mol. The zero-order valence-corrected chi connectivity index (χ0v) is 13.0. The molecule has 122 valence electrons. The highest BCUT2D eigenvalue weighted by Gasteiger charge is 2.11. The van der Waals surface area contributed by atoms with Crippen molar-refractivity contribution in [2.75, 3.05) is 0 Å². The maximum atomic E-state index is 11.5. The molecule has 2 heterocycles.